The van der Waals surface area contributed by atoms with E-state index in [0.29, 0.717) is 12.8 Å². The normalized spacial score (nSPS) is 32.2. The van der Waals surface area contributed by atoms with Crippen molar-refractivity contribution in [1.82, 2.24) is 0 Å². The first-order valence-electron chi connectivity index (χ1n) is 13.9. The van der Waals surface area contributed by atoms with Crippen LogP contribution in [0, 0.1) is 0 Å². The molecule has 0 aliphatic carbocycles. The number of allylic oxidation sites excluding steroid dienone is 4. The standard InChI is InChI=1S/C30H54O6/c1-21(13-15-23(31)29(7)19-17-25(35-29)27(3,4)33)11-9-10-12-22(2)14-16-24(32)30(8)20-18-26(36-30)28(5,6)34/h11-12,23-26,31-34H,9-10,13-20H2,1-8H3/b21-11+,22-12+/t23-,24+,25-,26-,29+,30-/m1/s1. The van der Waals surface area contributed by atoms with Gasteiger partial charge >= 0.3 is 0 Å². The van der Waals surface area contributed by atoms with Gasteiger partial charge in [0.15, 0.2) is 0 Å². The van der Waals surface area contributed by atoms with E-state index in [4.69, 9.17) is 9.47 Å². The minimum Gasteiger partial charge on any atom is -0.390 e. The fourth-order valence-electron chi connectivity index (χ4n) is 5.41. The predicted octanol–water partition coefficient (Wildman–Crippen LogP) is 5.36. The first-order valence-corrected chi connectivity index (χ1v) is 13.9. The highest BCUT2D eigenvalue weighted by Gasteiger charge is 2.47. The third-order valence-corrected chi connectivity index (χ3v) is 8.39. The first-order chi connectivity index (χ1) is 16.5. The number of ether oxygens (including phenoxy) is 2. The molecular formula is C30H54O6. The summed E-state index contributed by atoms with van der Waals surface area (Å²) in [6.45, 7) is 15.2. The second kappa shape index (κ2) is 12.4. The number of rotatable bonds is 13. The molecule has 0 amide bonds. The van der Waals surface area contributed by atoms with Crippen LogP contribution in [-0.2, 0) is 9.47 Å². The SMILES string of the molecule is C/C(=C\CC/C=C(\C)CC[C@H](O)[C@@]1(C)CC[C@H](C(C)(C)O)O1)CC[C@@H](O)[C@]1(C)CC[C@H](C(C)(C)O)O1. The maximum absolute atomic E-state index is 10.8. The van der Waals surface area contributed by atoms with Crippen molar-refractivity contribution >= 4 is 0 Å². The Bertz CT molecular complexity index is 696. The molecule has 0 aromatic carbocycles. The second-order valence-electron chi connectivity index (χ2n) is 13.0. The van der Waals surface area contributed by atoms with Crippen molar-refractivity contribution < 1.29 is 29.9 Å². The van der Waals surface area contributed by atoms with E-state index in [1.165, 1.54) is 11.1 Å². The summed E-state index contributed by atoms with van der Waals surface area (Å²) in [5.74, 6) is 0. The Morgan fingerprint density at radius 3 is 1.39 bits per heavy atom. The molecule has 0 spiro atoms. The van der Waals surface area contributed by atoms with E-state index in [-0.39, 0.29) is 12.2 Å². The highest BCUT2D eigenvalue weighted by Crippen LogP contribution is 2.40. The lowest BCUT2D eigenvalue weighted by atomic mass is 9.90. The van der Waals surface area contributed by atoms with E-state index < -0.39 is 34.6 Å². The lowest BCUT2D eigenvalue weighted by Crippen LogP contribution is -2.43. The first kappa shape index (κ1) is 31.5. The molecule has 6 heteroatoms. The Morgan fingerprint density at radius 1 is 0.778 bits per heavy atom. The highest BCUT2D eigenvalue weighted by atomic mass is 16.5. The van der Waals surface area contributed by atoms with E-state index in [1.54, 1.807) is 27.7 Å². The molecule has 2 rings (SSSR count). The predicted molar refractivity (Wildman–Crippen MR) is 145 cm³/mol. The molecule has 0 unspecified atom stereocenters. The molecular weight excluding hydrogens is 456 g/mol. The summed E-state index contributed by atoms with van der Waals surface area (Å²) in [5.41, 5.74) is -0.428. The van der Waals surface area contributed by atoms with Crippen molar-refractivity contribution in [2.24, 2.45) is 0 Å². The fourth-order valence-corrected chi connectivity index (χ4v) is 5.41. The third kappa shape index (κ3) is 8.92. The second-order valence-corrected chi connectivity index (χ2v) is 13.0. The summed E-state index contributed by atoms with van der Waals surface area (Å²) in [6, 6.07) is 0. The van der Waals surface area contributed by atoms with E-state index in [9.17, 15) is 20.4 Å². The topological polar surface area (TPSA) is 99.4 Å². The minimum atomic E-state index is -0.889. The van der Waals surface area contributed by atoms with E-state index in [2.05, 4.69) is 26.0 Å². The molecule has 0 bridgehead atoms. The summed E-state index contributed by atoms with van der Waals surface area (Å²) < 4.78 is 12.1. The molecule has 2 heterocycles. The maximum Gasteiger partial charge on any atom is 0.0918 e. The molecule has 6 nitrogen and oxygen atoms in total. The lowest BCUT2D eigenvalue weighted by Gasteiger charge is -2.33. The molecule has 4 N–H and O–H groups in total. The van der Waals surface area contributed by atoms with Crippen molar-refractivity contribution in [3.63, 3.8) is 0 Å². The van der Waals surface area contributed by atoms with Gasteiger partial charge in [-0.15, -0.1) is 0 Å². The lowest BCUT2D eigenvalue weighted by molar-refractivity contribution is -0.153. The molecule has 0 radical (unpaired) electrons. The van der Waals surface area contributed by atoms with Crippen LogP contribution in [0.4, 0.5) is 0 Å². The Balaban J connectivity index is 1.70. The van der Waals surface area contributed by atoms with Crippen LogP contribution in [0.5, 0.6) is 0 Å². The third-order valence-electron chi connectivity index (χ3n) is 8.39. The van der Waals surface area contributed by atoms with Gasteiger partial charge in [0.1, 0.15) is 0 Å². The number of unbranched alkanes of at least 4 members (excludes halogenated alkanes) is 1. The number of aliphatic hydroxyl groups is 4. The van der Waals surface area contributed by atoms with Crippen molar-refractivity contribution in [3.8, 4) is 0 Å². The minimum absolute atomic E-state index is 0.233. The van der Waals surface area contributed by atoms with Crippen LogP contribution < -0.4 is 0 Å². The summed E-state index contributed by atoms with van der Waals surface area (Å²) >= 11 is 0. The Kier molecular flexibility index (Phi) is 10.8. The number of hydrogen-bond acceptors (Lipinski definition) is 6. The smallest absolute Gasteiger partial charge is 0.0918 e. The summed E-state index contributed by atoms with van der Waals surface area (Å²) in [6.07, 6.45) is 10.8. The van der Waals surface area contributed by atoms with Crippen LogP contribution in [0.2, 0.25) is 0 Å². The summed E-state index contributed by atoms with van der Waals surface area (Å²) in [5, 5.41) is 41.9. The average Bonchev–Trinajstić information content (AvgIpc) is 3.38. The molecule has 6 atom stereocenters. The highest BCUT2D eigenvalue weighted by molar-refractivity contribution is 5.05. The Labute approximate surface area is 219 Å². The van der Waals surface area contributed by atoms with Crippen molar-refractivity contribution in [3.05, 3.63) is 23.3 Å². The van der Waals surface area contributed by atoms with Crippen LogP contribution in [-0.4, -0.2) is 67.2 Å². The van der Waals surface area contributed by atoms with Crippen LogP contribution >= 0.6 is 0 Å². The molecule has 210 valence electrons. The largest absolute Gasteiger partial charge is 0.390 e. The van der Waals surface area contributed by atoms with Gasteiger partial charge in [-0.05, 0) is 120 Å². The van der Waals surface area contributed by atoms with Crippen LogP contribution in [0.25, 0.3) is 0 Å². The summed E-state index contributed by atoms with van der Waals surface area (Å²) in [7, 11) is 0. The average molecular weight is 511 g/mol. The maximum atomic E-state index is 10.8. The van der Waals surface area contributed by atoms with E-state index in [0.717, 1.165) is 51.4 Å². The quantitative estimate of drug-likeness (QED) is 0.197. The zero-order valence-electron chi connectivity index (χ0n) is 24.1. The van der Waals surface area contributed by atoms with Crippen LogP contribution in [0.15, 0.2) is 23.3 Å². The van der Waals surface area contributed by atoms with Gasteiger partial charge in [0, 0.05) is 0 Å². The number of hydrogen-bond donors (Lipinski definition) is 4. The van der Waals surface area contributed by atoms with Gasteiger partial charge in [-0.3, -0.25) is 0 Å². The zero-order valence-corrected chi connectivity index (χ0v) is 24.1. The van der Waals surface area contributed by atoms with E-state index in [1.807, 2.05) is 13.8 Å². The van der Waals surface area contributed by atoms with Gasteiger partial charge in [-0.2, -0.15) is 0 Å². The molecule has 0 saturated carbocycles. The zero-order chi connectivity index (χ0) is 27.4. The molecule has 2 fully saturated rings. The molecule has 2 saturated heterocycles. The van der Waals surface area contributed by atoms with Gasteiger partial charge in [-0.25, -0.2) is 0 Å². The van der Waals surface area contributed by atoms with E-state index >= 15 is 0 Å². The van der Waals surface area contributed by atoms with Crippen LogP contribution in [0.1, 0.15) is 120 Å². The van der Waals surface area contributed by atoms with Crippen molar-refractivity contribution in [1.29, 1.82) is 0 Å². The Morgan fingerprint density at radius 2 is 1.11 bits per heavy atom. The monoisotopic (exact) mass is 510 g/mol. The Hall–Kier alpha value is -0.760. The molecule has 0 aromatic heterocycles. The molecule has 2 aliphatic rings. The number of aliphatic hydroxyl groups excluding tert-OH is 2. The van der Waals surface area contributed by atoms with Crippen molar-refractivity contribution in [2.75, 3.05) is 0 Å². The van der Waals surface area contributed by atoms with Gasteiger partial charge < -0.3 is 29.9 Å². The fraction of sp³-hybridized carbons (Fsp3) is 0.867. The van der Waals surface area contributed by atoms with Gasteiger partial charge in [0.25, 0.3) is 0 Å². The molecule has 0 aromatic rings. The van der Waals surface area contributed by atoms with Crippen LogP contribution in [0.3, 0.4) is 0 Å². The van der Waals surface area contributed by atoms with Gasteiger partial charge in [0.05, 0.1) is 46.8 Å². The van der Waals surface area contributed by atoms with Crippen molar-refractivity contribution in [2.45, 2.75) is 166 Å². The van der Waals surface area contributed by atoms with Gasteiger partial charge in [-0.1, -0.05) is 23.3 Å². The molecule has 36 heavy (non-hydrogen) atoms. The molecule has 2 aliphatic heterocycles. The summed E-state index contributed by atoms with van der Waals surface area (Å²) in [4.78, 5) is 0. The van der Waals surface area contributed by atoms with Gasteiger partial charge in [0.2, 0.25) is 0 Å².